The maximum Gasteiger partial charge on any atom is 0.254 e. The van der Waals surface area contributed by atoms with Crippen LogP contribution in [-0.4, -0.2) is 34.7 Å². The van der Waals surface area contributed by atoms with Gasteiger partial charge < -0.3 is 14.2 Å². The average Bonchev–Trinajstić information content (AvgIpc) is 2.97. The topological polar surface area (TPSA) is 70.8 Å². The summed E-state index contributed by atoms with van der Waals surface area (Å²) >= 11 is 0. The molecule has 1 aromatic heterocycles. The fourth-order valence-electron chi connectivity index (χ4n) is 4.65. The largest absolute Gasteiger partial charge is 0.464 e. The van der Waals surface area contributed by atoms with E-state index in [4.69, 9.17) is 4.42 Å². The van der Waals surface area contributed by atoms with E-state index in [1.54, 1.807) is 23.1 Å². The van der Waals surface area contributed by atoms with Crippen LogP contribution in [0.4, 0.5) is 0 Å². The van der Waals surface area contributed by atoms with E-state index in [0.717, 1.165) is 30.4 Å². The molecule has 4 aromatic rings. The number of benzene rings is 3. The SMILES string of the molecule is C=CCN(CC(=O)N(Cc1ccccc1)Cc1coc2ccc(C)cc2c1=O)C(=O)c1ccc(CCCC)cc1. The number of nitrogens with zero attached hydrogens (tertiary/aromatic N) is 2. The standard InChI is InChI=1S/C34H36N2O4/c1-4-6-10-26-14-16-28(17-15-26)34(39)35(19-5-2)23-32(37)36(21-27-11-8-7-9-12-27)22-29-24-40-31-18-13-25(3)20-30(31)33(29)38/h5,7-9,11-18,20,24H,2,4,6,10,19,21-23H2,1,3H3. The number of amides is 2. The molecule has 3 aromatic carbocycles. The molecule has 0 aliphatic heterocycles. The number of rotatable bonds is 12. The third-order valence-corrected chi connectivity index (χ3v) is 6.91. The summed E-state index contributed by atoms with van der Waals surface area (Å²) in [7, 11) is 0. The van der Waals surface area contributed by atoms with Gasteiger partial charge in [0.2, 0.25) is 5.91 Å². The first-order valence-corrected chi connectivity index (χ1v) is 13.7. The van der Waals surface area contributed by atoms with E-state index < -0.39 is 0 Å². The highest BCUT2D eigenvalue weighted by Crippen LogP contribution is 2.17. The second kappa shape index (κ2) is 13.6. The Bertz CT molecular complexity index is 1520. The predicted octanol–water partition coefficient (Wildman–Crippen LogP) is 6.30. The van der Waals surface area contributed by atoms with Gasteiger partial charge in [0.25, 0.3) is 5.91 Å². The molecule has 6 heteroatoms. The van der Waals surface area contributed by atoms with Crippen molar-refractivity contribution in [3.8, 4) is 0 Å². The lowest BCUT2D eigenvalue weighted by atomic mass is 10.1. The predicted molar refractivity (Wildman–Crippen MR) is 159 cm³/mol. The number of aryl methyl sites for hydroxylation is 2. The van der Waals surface area contributed by atoms with Crippen LogP contribution in [-0.2, 0) is 24.3 Å². The first-order chi connectivity index (χ1) is 19.4. The van der Waals surface area contributed by atoms with E-state index in [0.29, 0.717) is 22.1 Å². The van der Waals surface area contributed by atoms with Gasteiger partial charge in [0, 0.05) is 18.7 Å². The number of unbranched alkanes of at least 4 members (excludes halogenated alkanes) is 1. The van der Waals surface area contributed by atoms with Crippen molar-refractivity contribution in [2.24, 2.45) is 0 Å². The fraction of sp³-hybridized carbons (Fsp3) is 0.265. The Balaban J connectivity index is 1.59. The van der Waals surface area contributed by atoms with Crippen LogP contribution in [0.3, 0.4) is 0 Å². The summed E-state index contributed by atoms with van der Waals surface area (Å²) in [6.45, 7) is 8.27. The molecule has 0 radical (unpaired) electrons. The normalized spacial score (nSPS) is 10.8. The van der Waals surface area contributed by atoms with Gasteiger partial charge in [-0.2, -0.15) is 0 Å². The smallest absolute Gasteiger partial charge is 0.254 e. The van der Waals surface area contributed by atoms with Gasteiger partial charge in [-0.25, -0.2) is 0 Å². The van der Waals surface area contributed by atoms with E-state index >= 15 is 0 Å². The Hall–Kier alpha value is -4.45. The summed E-state index contributed by atoms with van der Waals surface area (Å²) in [5, 5.41) is 0.482. The molecule has 0 spiro atoms. The summed E-state index contributed by atoms with van der Waals surface area (Å²) in [5.74, 6) is -0.516. The van der Waals surface area contributed by atoms with E-state index in [1.807, 2.05) is 67.6 Å². The second-order valence-corrected chi connectivity index (χ2v) is 10.1. The molecule has 1 heterocycles. The van der Waals surface area contributed by atoms with Crippen molar-refractivity contribution in [1.82, 2.24) is 9.80 Å². The molecule has 0 N–H and O–H groups in total. The van der Waals surface area contributed by atoms with Crippen LogP contribution >= 0.6 is 0 Å². The number of fused-ring (bicyclic) bond motifs is 1. The Morgan fingerprint density at radius 2 is 1.68 bits per heavy atom. The van der Waals surface area contributed by atoms with E-state index in [2.05, 4.69) is 13.5 Å². The summed E-state index contributed by atoms with van der Waals surface area (Å²) in [6, 6.07) is 22.6. The van der Waals surface area contributed by atoms with Crippen LogP contribution in [0, 0.1) is 6.92 Å². The average molecular weight is 537 g/mol. The highest BCUT2D eigenvalue weighted by Gasteiger charge is 2.23. The molecule has 4 rings (SSSR count). The van der Waals surface area contributed by atoms with Gasteiger partial charge in [0.1, 0.15) is 12.1 Å². The molecule has 2 amide bonds. The maximum absolute atomic E-state index is 13.7. The van der Waals surface area contributed by atoms with Gasteiger partial charge in [-0.15, -0.1) is 6.58 Å². The Morgan fingerprint density at radius 3 is 2.38 bits per heavy atom. The molecule has 40 heavy (non-hydrogen) atoms. The highest BCUT2D eigenvalue weighted by molar-refractivity contribution is 5.96. The summed E-state index contributed by atoms with van der Waals surface area (Å²) in [6.07, 6.45) is 6.21. The quantitative estimate of drug-likeness (QED) is 0.199. The van der Waals surface area contributed by atoms with Gasteiger partial charge in [-0.1, -0.05) is 73.5 Å². The zero-order chi connectivity index (χ0) is 28.5. The monoisotopic (exact) mass is 536 g/mol. The molecular weight excluding hydrogens is 500 g/mol. The van der Waals surface area contributed by atoms with Crippen molar-refractivity contribution < 1.29 is 14.0 Å². The second-order valence-electron chi connectivity index (χ2n) is 10.1. The third kappa shape index (κ3) is 7.14. The van der Waals surface area contributed by atoms with Crippen molar-refractivity contribution in [3.05, 3.63) is 130 Å². The molecule has 0 saturated heterocycles. The molecule has 0 aliphatic rings. The molecule has 206 valence electrons. The zero-order valence-corrected chi connectivity index (χ0v) is 23.3. The first-order valence-electron chi connectivity index (χ1n) is 13.7. The van der Waals surface area contributed by atoms with Crippen LogP contribution < -0.4 is 5.43 Å². The molecule has 0 fully saturated rings. The molecule has 0 saturated carbocycles. The minimum atomic E-state index is -0.276. The summed E-state index contributed by atoms with van der Waals surface area (Å²) in [4.78, 5) is 43.6. The van der Waals surface area contributed by atoms with Gasteiger partial charge in [-0.05, 0) is 55.2 Å². The molecule has 0 bridgehead atoms. The lowest BCUT2D eigenvalue weighted by Crippen LogP contribution is -2.43. The first kappa shape index (κ1) is 28.6. The summed E-state index contributed by atoms with van der Waals surface area (Å²) < 4.78 is 5.74. The zero-order valence-electron chi connectivity index (χ0n) is 23.3. The van der Waals surface area contributed by atoms with Crippen LogP contribution in [0.1, 0.15) is 52.4 Å². The van der Waals surface area contributed by atoms with Crippen molar-refractivity contribution >= 4 is 22.8 Å². The van der Waals surface area contributed by atoms with Gasteiger partial charge in [0.05, 0.1) is 23.8 Å². The van der Waals surface area contributed by atoms with E-state index in [-0.39, 0.29) is 43.4 Å². The fourth-order valence-corrected chi connectivity index (χ4v) is 4.65. The van der Waals surface area contributed by atoms with Crippen LogP contribution in [0.15, 0.2) is 101 Å². The Morgan fingerprint density at radius 1 is 0.925 bits per heavy atom. The van der Waals surface area contributed by atoms with Gasteiger partial charge >= 0.3 is 0 Å². The Labute approximate surface area is 235 Å². The lowest BCUT2D eigenvalue weighted by molar-refractivity contribution is -0.133. The third-order valence-electron chi connectivity index (χ3n) is 6.91. The Kier molecular flexibility index (Phi) is 9.68. The minimum Gasteiger partial charge on any atom is -0.464 e. The van der Waals surface area contributed by atoms with Crippen LogP contribution in [0.2, 0.25) is 0 Å². The summed E-state index contributed by atoms with van der Waals surface area (Å²) in [5.41, 5.74) is 4.29. The number of hydrogen-bond acceptors (Lipinski definition) is 4. The molecular formula is C34H36N2O4. The van der Waals surface area contributed by atoms with Crippen molar-refractivity contribution in [2.45, 2.75) is 46.2 Å². The number of carbonyl (C=O) groups excluding carboxylic acids is 2. The molecule has 6 nitrogen and oxygen atoms in total. The van der Waals surface area contributed by atoms with Crippen molar-refractivity contribution in [1.29, 1.82) is 0 Å². The minimum absolute atomic E-state index is 0.0577. The maximum atomic E-state index is 13.7. The highest BCUT2D eigenvalue weighted by atomic mass is 16.3. The van der Waals surface area contributed by atoms with Crippen molar-refractivity contribution in [2.75, 3.05) is 13.1 Å². The van der Waals surface area contributed by atoms with Crippen molar-refractivity contribution in [3.63, 3.8) is 0 Å². The molecule has 0 unspecified atom stereocenters. The number of carbonyl (C=O) groups is 2. The molecule has 0 aliphatic carbocycles. The molecule has 0 atom stereocenters. The van der Waals surface area contributed by atoms with E-state index in [1.165, 1.54) is 16.7 Å². The van der Waals surface area contributed by atoms with E-state index in [9.17, 15) is 14.4 Å². The van der Waals surface area contributed by atoms with Gasteiger partial charge in [-0.3, -0.25) is 14.4 Å². The van der Waals surface area contributed by atoms with Crippen LogP contribution in [0.5, 0.6) is 0 Å². The number of hydrogen-bond donors (Lipinski definition) is 0. The van der Waals surface area contributed by atoms with Gasteiger partial charge in [0.15, 0.2) is 5.43 Å². The lowest BCUT2D eigenvalue weighted by Gasteiger charge is -2.27. The van der Waals surface area contributed by atoms with Crippen LogP contribution in [0.25, 0.3) is 11.0 Å².